The fraction of sp³-hybridized carbons (Fsp3) is 0.190. The quantitative estimate of drug-likeness (QED) is 0.455. The molecule has 2 aromatic carbocycles. The first-order chi connectivity index (χ1) is 13.3. The lowest BCUT2D eigenvalue weighted by Gasteiger charge is -2.11. The van der Waals surface area contributed by atoms with E-state index in [1.807, 2.05) is 38.1 Å². The summed E-state index contributed by atoms with van der Waals surface area (Å²) in [5.41, 5.74) is 2.86. The third kappa shape index (κ3) is 5.86. The molecule has 0 aliphatic carbocycles. The minimum absolute atomic E-state index is 0.191. The van der Waals surface area contributed by atoms with Crippen LogP contribution in [0.25, 0.3) is 6.08 Å². The molecule has 7 heteroatoms. The van der Waals surface area contributed by atoms with Crippen LogP contribution in [0.3, 0.4) is 0 Å². The number of carbonyl (C=O) groups excluding carboxylic acids is 2. The van der Waals surface area contributed by atoms with Crippen molar-refractivity contribution in [3.8, 4) is 6.07 Å². The van der Waals surface area contributed by atoms with E-state index >= 15 is 0 Å². The van der Waals surface area contributed by atoms with Crippen LogP contribution in [0.2, 0.25) is 5.02 Å². The molecule has 0 atom stereocenters. The number of esters is 1. The summed E-state index contributed by atoms with van der Waals surface area (Å²) < 4.78 is 4.93. The average molecular weight is 398 g/mol. The number of hydrogen-bond acceptors (Lipinski definition) is 5. The van der Waals surface area contributed by atoms with Gasteiger partial charge in [-0.05, 0) is 48.4 Å². The van der Waals surface area contributed by atoms with Gasteiger partial charge in [0.05, 0.1) is 0 Å². The van der Waals surface area contributed by atoms with Crippen molar-refractivity contribution >= 4 is 40.9 Å². The summed E-state index contributed by atoms with van der Waals surface area (Å²) in [5, 5.41) is 12.3. The highest BCUT2D eigenvalue weighted by atomic mass is 35.5. The van der Waals surface area contributed by atoms with Gasteiger partial charge >= 0.3 is 5.97 Å². The highest BCUT2D eigenvalue weighted by molar-refractivity contribution is 6.31. The maximum atomic E-state index is 12.1. The molecule has 28 heavy (non-hydrogen) atoms. The molecular formula is C21H20ClN3O3. The molecule has 0 unspecified atom stereocenters. The number of ether oxygens (including phenoxy) is 1. The predicted octanol–water partition coefficient (Wildman–Crippen LogP) is 3.80. The number of nitrogens with one attached hydrogen (secondary N) is 1. The van der Waals surface area contributed by atoms with Crippen molar-refractivity contribution in [3.63, 3.8) is 0 Å². The largest absolute Gasteiger partial charge is 0.451 e. The van der Waals surface area contributed by atoms with Crippen LogP contribution >= 0.6 is 11.6 Å². The normalized spacial score (nSPS) is 10.8. The maximum absolute atomic E-state index is 12.1. The molecule has 0 aliphatic rings. The van der Waals surface area contributed by atoms with Crippen molar-refractivity contribution in [1.29, 1.82) is 5.26 Å². The smallest absolute Gasteiger partial charge is 0.349 e. The lowest BCUT2D eigenvalue weighted by Crippen LogP contribution is -2.21. The van der Waals surface area contributed by atoms with Gasteiger partial charge < -0.3 is 15.0 Å². The molecule has 0 aliphatic heterocycles. The fourth-order valence-corrected chi connectivity index (χ4v) is 2.43. The van der Waals surface area contributed by atoms with Crippen LogP contribution in [0.1, 0.15) is 11.1 Å². The molecule has 2 rings (SSSR count). The molecule has 0 fully saturated rings. The number of halogens is 1. The summed E-state index contributed by atoms with van der Waals surface area (Å²) in [4.78, 5) is 26.0. The Balaban J connectivity index is 1.96. The van der Waals surface area contributed by atoms with E-state index in [0.29, 0.717) is 16.3 Å². The Labute approximate surface area is 169 Å². The molecule has 0 aromatic heterocycles. The molecule has 2 aromatic rings. The molecule has 0 bridgehead atoms. The van der Waals surface area contributed by atoms with Crippen molar-refractivity contribution in [2.24, 2.45) is 0 Å². The van der Waals surface area contributed by atoms with E-state index < -0.39 is 18.5 Å². The molecule has 1 amide bonds. The molecule has 0 saturated carbocycles. The summed E-state index contributed by atoms with van der Waals surface area (Å²) in [6, 6.07) is 14.2. The predicted molar refractivity (Wildman–Crippen MR) is 110 cm³/mol. The first kappa shape index (κ1) is 21.0. The van der Waals surface area contributed by atoms with Crippen LogP contribution in [0, 0.1) is 18.3 Å². The molecule has 0 spiro atoms. The number of nitrogens with zero attached hydrogens (tertiary/aromatic N) is 2. The van der Waals surface area contributed by atoms with Crippen LogP contribution in [0.15, 0.2) is 48.0 Å². The van der Waals surface area contributed by atoms with Gasteiger partial charge in [-0.1, -0.05) is 29.8 Å². The number of amides is 1. The van der Waals surface area contributed by atoms with Gasteiger partial charge in [-0.3, -0.25) is 4.79 Å². The Morgan fingerprint density at radius 3 is 2.46 bits per heavy atom. The van der Waals surface area contributed by atoms with Gasteiger partial charge in [0, 0.05) is 30.5 Å². The highest BCUT2D eigenvalue weighted by Crippen LogP contribution is 2.20. The number of anilines is 2. The number of hydrogen-bond donors (Lipinski definition) is 1. The van der Waals surface area contributed by atoms with Gasteiger partial charge in [-0.2, -0.15) is 5.26 Å². The van der Waals surface area contributed by atoms with E-state index in [1.165, 1.54) is 6.08 Å². The van der Waals surface area contributed by atoms with Gasteiger partial charge in [0.1, 0.15) is 11.6 Å². The second-order valence-electron chi connectivity index (χ2n) is 6.24. The first-order valence-corrected chi connectivity index (χ1v) is 8.80. The summed E-state index contributed by atoms with van der Waals surface area (Å²) in [5.74, 6) is -1.39. The van der Waals surface area contributed by atoms with Gasteiger partial charge in [0.2, 0.25) is 0 Å². The Kier molecular flexibility index (Phi) is 7.19. The first-order valence-electron chi connectivity index (χ1n) is 8.42. The second-order valence-corrected chi connectivity index (χ2v) is 6.65. The lowest BCUT2D eigenvalue weighted by atomic mass is 10.1. The van der Waals surface area contributed by atoms with Crippen molar-refractivity contribution in [3.05, 3.63) is 64.2 Å². The minimum atomic E-state index is -0.865. The third-order valence-corrected chi connectivity index (χ3v) is 4.26. The summed E-state index contributed by atoms with van der Waals surface area (Å²) in [6.45, 7) is 1.34. The molecular weight excluding hydrogens is 378 g/mol. The van der Waals surface area contributed by atoms with Gasteiger partial charge in [0.15, 0.2) is 6.61 Å². The summed E-state index contributed by atoms with van der Waals surface area (Å²) in [7, 11) is 3.83. The van der Waals surface area contributed by atoms with E-state index in [1.54, 1.807) is 36.4 Å². The van der Waals surface area contributed by atoms with Crippen molar-refractivity contribution < 1.29 is 14.3 Å². The van der Waals surface area contributed by atoms with E-state index in [2.05, 4.69) is 5.32 Å². The zero-order valence-electron chi connectivity index (χ0n) is 15.8. The van der Waals surface area contributed by atoms with Gasteiger partial charge in [0.25, 0.3) is 5.91 Å². The van der Waals surface area contributed by atoms with E-state index in [0.717, 1.165) is 11.3 Å². The van der Waals surface area contributed by atoms with Crippen LogP contribution in [0.5, 0.6) is 0 Å². The van der Waals surface area contributed by atoms with Gasteiger partial charge in [-0.15, -0.1) is 0 Å². The zero-order valence-corrected chi connectivity index (χ0v) is 16.6. The number of benzene rings is 2. The molecule has 0 saturated heterocycles. The topological polar surface area (TPSA) is 82.4 Å². The molecule has 1 N–H and O–H groups in total. The monoisotopic (exact) mass is 397 g/mol. The van der Waals surface area contributed by atoms with Crippen molar-refractivity contribution in [2.45, 2.75) is 6.92 Å². The third-order valence-electron chi connectivity index (χ3n) is 3.85. The van der Waals surface area contributed by atoms with Crippen molar-refractivity contribution in [1.82, 2.24) is 0 Å². The standard InChI is InChI=1S/C21H20ClN3O3/c1-14-4-7-17(11-19(14)22)24-20(26)13-28-21(27)16(12-23)10-15-5-8-18(9-6-15)25(2)3/h4-11H,13H2,1-3H3,(H,24,26)/b16-10+. The average Bonchev–Trinajstić information content (AvgIpc) is 2.67. The molecule has 6 nitrogen and oxygen atoms in total. The van der Waals surface area contributed by atoms with E-state index in [-0.39, 0.29) is 5.57 Å². The summed E-state index contributed by atoms with van der Waals surface area (Å²) in [6.07, 6.45) is 1.42. The Morgan fingerprint density at radius 1 is 1.21 bits per heavy atom. The highest BCUT2D eigenvalue weighted by Gasteiger charge is 2.13. The summed E-state index contributed by atoms with van der Waals surface area (Å²) >= 11 is 6.01. The number of carbonyl (C=O) groups is 2. The van der Waals surface area contributed by atoms with Gasteiger partial charge in [-0.25, -0.2) is 4.79 Å². The van der Waals surface area contributed by atoms with E-state index in [4.69, 9.17) is 16.3 Å². The Morgan fingerprint density at radius 2 is 1.89 bits per heavy atom. The molecule has 144 valence electrons. The lowest BCUT2D eigenvalue weighted by molar-refractivity contribution is -0.142. The van der Waals surface area contributed by atoms with Crippen LogP contribution < -0.4 is 10.2 Å². The zero-order chi connectivity index (χ0) is 20.7. The van der Waals surface area contributed by atoms with E-state index in [9.17, 15) is 14.9 Å². The van der Waals surface area contributed by atoms with Crippen LogP contribution in [-0.2, 0) is 14.3 Å². The Bertz CT molecular complexity index is 944. The fourth-order valence-electron chi connectivity index (χ4n) is 2.25. The second kappa shape index (κ2) is 9.58. The minimum Gasteiger partial charge on any atom is -0.451 e. The molecule has 0 radical (unpaired) electrons. The Hall–Kier alpha value is -3.30. The molecule has 0 heterocycles. The number of aryl methyl sites for hydroxylation is 1. The van der Waals surface area contributed by atoms with Crippen LogP contribution in [-0.4, -0.2) is 32.6 Å². The van der Waals surface area contributed by atoms with Crippen LogP contribution in [0.4, 0.5) is 11.4 Å². The SMILES string of the molecule is Cc1ccc(NC(=O)COC(=O)/C(C#N)=C/c2ccc(N(C)C)cc2)cc1Cl. The maximum Gasteiger partial charge on any atom is 0.349 e. The van der Waals surface area contributed by atoms with Crippen molar-refractivity contribution in [2.75, 3.05) is 30.9 Å². The number of rotatable bonds is 6. The number of nitriles is 1.